The van der Waals surface area contributed by atoms with Crippen LogP contribution in [-0.2, 0) is 26.1 Å². The van der Waals surface area contributed by atoms with Gasteiger partial charge in [-0.25, -0.2) is 4.98 Å². The number of nitriles is 1. The third-order valence-electron chi connectivity index (χ3n) is 9.83. The van der Waals surface area contributed by atoms with Crippen molar-refractivity contribution in [3.8, 4) is 34.4 Å². The first-order valence-corrected chi connectivity index (χ1v) is 18.6. The van der Waals surface area contributed by atoms with Gasteiger partial charge < -0.3 is 29.2 Å². The van der Waals surface area contributed by atoms with E-state index < -0.39 is 0 Å². The first kappa shape index (κ1) is 35.8. The van der Waals surface area contributed by atoms with Crippen molar-refractivity contribution < 1.29 is 19.3 Å². The third-order valence-corrected chi connectivity index (χ3v) is 10.5. The number of hydrogen-bond donors (Lipinski definition) is 2. The zero-order valence-corrected chi connectivity index (χ0v) is 30.3. The van der Waals surface area contributed by atoms with Crippen molar-refractivity contribution in [2.45, 2.75) is 82.9 Å². The molecule has 2 heterocycles. The van der Waals surface area contributed by atoms with Crippen molar-refractivity contribution in [1.29, 1.82) is 5.26 Å². The van der Waals surface area contributed by atoms with E-state index >= 15 is 0 Å². The second-order valence-electron chi connectivity index (χ2n) is 13.4. The monoisotopic (exact) mass is 737 g/mol. The lowest BCUT2D eigenvalue weighted by atomic mass is 9.92. The molecule has 1 fully saturated rings. The number of hydrogen-bond acceptors (Lipinski definition) is 8. The molecule has 2 aliphatic rings. The summed E-state index contributed by atoms with van der Waals surface area (Å²) in [5.74, 6) is 1.80. The number of imidazole rings is 1. The van der Waals surface area contributed by atoms with Gasteiger partial charge in [-0.15, -0.1) is 0 Å². The first-order chi connectivity index (χ1) is 25.5. The molecule has 3 atom stereocenters. The Hall–Kier alpha value is -4.59. The van der Waals surface area contributed by atoms with Crippen LogP contribution < -0.4 is 19.5 Å². The molecule has 5 aromatic rings. The second kappa shape index (κ2) is 16.8. The van der Waals surface area contributed by atoms with Gasteiger partial charge in [0.1, 0.15) is 36.0 Å². The minimum absolute atomic E-state index is 0.00521. The number of aliphatic hydroxyl groups excluding tert-OH is 1. The van der Waals surface area contributed by atoms with Gasteiger partial charge in [-0.3, -0.25) is 4.98 Å². The fourth-order valence-corrected chi connectivity index (χ4v) is 7.65. The molecule has 1 saturated carbocycles. The largest absolute Gasteiger partial charge is 0.492 e. The van der Waals surface area contributed by atoms with Gasteiger partial charge >= 0.3 is 0 Å². The summed E-state index contributed by atoms with van der Waals surface area (Å²) in [6.07, 6.45) is 14.4. The molecule has 11 heteroatoms. The Bertz CT molecular complexity index is 2030. The Morgan fingerprint density at radius 3 is 2.65 bits per heavy atom. The standard InChI is InChI=1S/C41H41Cl2N5O4/c42-34-19-29(24-47-35-9-1-2-10-36(35)49)39(51-25-28-18-27(21-44)22-46-23-28)20-40(34)52-37-13-12-31-30(6-3-7-32(31)37)33-8-4-11-38(41(33)43)50-17-5-15-48-16-14-45-26-48/h3-4,6-8,11,14,16,18-20,22-23,26,35-37,47,49H,1-2,5,9-10,12-13,15,17,24-25H2/t35-,36+,37+/m1/s1. The topological polar surface area (TPSA) is 114 Å². The van der Waals surface area contributed by atoms with Crippen LogP contribution in [0.5, 0.6) is 17.2 Å². The smallest absolute Gasteiger partial charge is 0.142 e. The molecule has 9 nitrogen and oxygen atoms in total. The molecule has 0 bridgehead atoms. The molecule has 0 saturated heterocycles. The molecular formula is C41H41Cl2N5O4. The Balaban J connectivity index is 1.09. The number of ether oxygens (including phenoxy) is 3. The Labute approximate surface area is 314 Å². The summed E-state index contributed by atoms with van der Waals surface area (Å²) < 4.78 is 21.2. The summed E-state index contributed by atoms with van der Waals surface area (Å²) in [5.41, 5.74) is 6.37. The summed E-state index contributed by atoms with van der Waals surface area (Å²) in [4.78, 5) is 8.27. The summed E-state index contributed by atoms with van der Waals surface area (Å²) >= 11 is 13.9. The van der Waals surface area contributed by atoms with E-state index in [1.807, 2.05) is 47.2 Å². The molecule has 2 N–H and O–H groups in total. The number of aryl methyl sites for hydroxylation is 1. The van der Waals surface area contributed by atoms with Crippen LogP contribution in [0.15, 0.2) is 85.7 Å². The number of benzene rings is 3. The van der Waals surface area contributed by atoms with E-state index in [1.54, 1.807) is 24.8 Å². The number of fused-ring (bicyclic) bond motifs is 1. The average molecular weight is 739 g/mol. The Morgan fingerprint density at radius 2 is 1.81 bits per heavy atom. The predicted octanol–water partition coefficient (Wildman–Crippen LogP) is 8.63. The lowest BCUT2D eigenvalue weighted by molar-refractivity contribution is 0.0901. The number of rotatable bonds is 14. The number of pyridine rings is 1. The van der Waals surface area contributed by atoms with E-state index in [0.29, 0.717) is 46.0 Å². The molecule has 0 radical (unpaired) electrons. The highest BCUT2D eigenvalue weighted by atomic mass is 35.5. The fraction of sp³-hybridized carbons (Fsp3) is 0.341. The summed E-state index contributed by atoms with van der Waals surface area (Å²) in [6, 6.07) is 19.8. The maximum Gasteiger partial charge on any atom is 0.142 e. The normalized spacial score (nSPS) is 18.1. The molecule has 0 unspecified atom stereocenters. The molecule has 0 spiro atoms. The lowest BCUT2D eigenvalue weighted by Gasteiger charge is -2.29. The summed E-state index contributed by atoms with van der Waals surface area (Å²) in [5, 5.41) is 24.5. The number of aliphatic hydroxyl groups is 1. The SMILES string of the molecule is N#Cc1cncc(COc2cc(O[C@H]3CCc4c(-c5cccc(OCCCn6ccnc6)c5Cl)cccc43)c(Cl)cc2CN[C@@H]2CCCC[C@@H]2O)c1. The number of nitrogens with one attached hydrogen (secondary N) is 1. The van der Waals surface area contributed by atoms with Crippen LogP contribution in [0.1, 0.15) is 72.4 Å². The quantitative estimate of drug-likeness (QED) is 0.109. The van der Waals surface area contributed by atoms with Crippen LogP contribution in [0.3, 0.4) is 0 Å². The molecule has 0 aliphatic heterocycles. The molecule has 3 aromatic carbocycles. The number of nitrogens with zero attached hydrogens (tertiary/aromatic N) is 4. The highest BCUT2D eigenvalue weighted by molar-refractivity contribution is 6.35. The van der Waals surface area contributed by atoms with Gasteiger partial charge in [0, 0.05) is 66.7 Å². The summed E-state index contributed by atoms with van der Waals surface area (Å²) in [7, 11) is 0. The van der Waals surface area contributed by atoms with Crippen LogP contribution in [-0.4, -0.2) is 38.4 Å². The second-order valence-corrected chi connectivity index (χ2v) is 14.1. The van der Waals surface area contributed by atoms with Gasteiger partial charge in [0.2, 0.25) is 0 Å². The fourth-order valence-electron chi connectivity index (χ4n) is 7.14. The molecule has 2 aromatic heterocycles. The van der Waals surface area contributed by atoms with Crippen LogP contribution in [0.25, 0.3) is 11.1 Å². The van der Waals surface area contributed by atoms with Crippen molar-refractivity contribution in [2.24, 2.45) is 0 Å². The molecule has 268 valence electrons. The minimum atomic E-state index is -0.383. The summed E-state index contributed by atoms with van der Waals surface area (Å²) in [6.45, 7) is 2.04. The van der Waals surface area contributed by atoms with Gasteiger partial charge in [-0.2, -0.15) is 5.26 Å². The Kier molecular flexibility index (Phi) is 11.6. The molecular weight excluding hydrogens is 697 g/mol. The van der Waals surface area contributed by atoms with Crippen molar-refractivity contribution in [3.05, 3.63) is 124 Å². The number of aromatic nitrogens is 3. The molecule has 2 aliphatic carbocycles. The zero-order valence-electron chi connectivity index (χ0n) is 28.8. The van der Waals surface area contributed by atoms with Crippen molar-refractivity contribution >= 4 is 23.2 Å². The predicted molar refractivity (Wildman–Crippen MR) is 201 cm³/mol. The number of halogens is 2. The molecule has 7 rings (SSSR count). The average Bonchev–Trinajstić information content (AvgIpc) is 3.84. The maximum absolute atomic E-state index is 10.6. The van der Waals surface area contributed by atoms with Gasteiger partial charge in [-0.1, -0.05) is 66.4 Å². The molecule has 52 heavy (non-hydrogen) atoms. The van der Waals surface area contributed by atoms with Crippen molar-refractivity contribution in [3.63, 3.8) is 0 Å². The van der Waals surface area contributed by atoms with E-state index in [-0.39, 0.29) is 24.9 Å². The highest BCUT2D eigenvalue weighted by Gasteiger charge is 2.29. The van der Waals surface area contributed by atoms with Gasteiger partial charge in [0.25, 0.3) is 0 Å². The van der Waals surface area contributed by atoms with Gasteiger partial charge in [0.15, 0.2) is 0 Å². The maximum atomic E-state index is 10.6. The Morgan fingerprint density at radius 1 is 0.942 bits per heavy atom. The molecule has 0 amide bonds. The van der Waals surface area contributed by atoms with Gasteiger partial charge in [0.05, 0.1) is 34.6 Å². The first-order valence-electron chi connectivity index (χ1n) is 17.8. The van der Waals surface area contributed by atoms with E-state index in [4.69, 9.17) is 37.4 Å². The lowest BCUT2D eigenvalue weighted by Crippen LogP contribution is -2.41. The highest BCUT2D eigenvalue weighted by Crippen LogP contribution is 2.45. The van der Waals surface area contributed by atoms with Crippen molar-refractivity contribution in [2.75, 3.05) is 6.61 Å². The third kappa shape index (κ3) is 8.38. The van der Waals surface area contributed by atoms with Crippen LogP contribution in [0.2, 0.25) is 10.0 Å². The minimum Gasteiger partial charge on any atom is -0.492 e. The van der Waals surface area contributed by atoms with Crippen molar-refractivity contribution in [1.82, 2.24) is 19.9 Å². The van der Waals surface area contributed by atoms with E-state index in [1.165, 1.54) is 11.8 Å². The van der Waals surface area contributed by atoms with E-state index in [2.05, 4.69) is 33.5 Å². The van der Waals surface area contributed by atoms with Crippen LogP contribution in [0, 0.1) is 11.3 Å². The van der Waals surface area contributed by atoms with Crippen LogP contribution in [0.4, 0.5) is 0 Å². The van der Waals surface area contributed by atoms with Gasteiger partial charge in [-0.05, 0) is 67.0 Å². The van der Waals surface area contributed by atoms with E-state index in [0.717, 1.165) is 79.3 Å². The van der Waals surface area contributed by atoms with E-state index in [9.17, 15) is 10.4 Å². The van der Waals surface area contributed by atoms with Crippen LogP contribution >= 0.6 is 23.2 Å². The zero-order chi connectivity index (χ0) is 35.9.